The molecule has 1 aromatic heterocycles. The van der Waals surface area contributed by atoms with Crippen molar-refractivity contribution >= 4 is 23.2 Å². The van der Waals surface area contributed by atoms with Gasteiger partial charge in [0.1, 0.15) is 16.6 Å². The standard InChI is InChI=1S/C20H18FN3O3S/c1-2-27-17-9-5-14(6-10-17)20-22-16(12-28-20)11-18(25)23-24-19(26)13-3-7-15(21)8-4-13/h3-10,12H,2,11H2,1H3,(H,23,25)(H,24,26). The van der Waals surface area contributed by atoms with Gasteiger partial charge in [-0.2, -0.15) is 0 Å². The van der Waals surface area contributed by atoms with Crippen LogP contribution in [-0.2, 0) is 11.2 Å². The highest BCUT2D eigenvalue weighted by Gasteiger charge is 2.11. The van der Waals surface area contributed by atoms with E-state index in [4.69, 9.17) is 4.74 Å². The molecule has 2 N–H and O–H groups in total. The minimum Gasteiger partial charge on any atom is -0.494 e. The Morgan fingerprint density at radius 1 is 1.07 bits per heavy atom. The van der Waals surface area contributed by atoms with Crippen LogP contribution in [0.2, 0.25) is 0 Å². The number of amides is 2. The van der Waals surface area contributed by atoms with Gasteiger partial charge in [0.2, 0.25) is 5.91 Å². The molecule has 0 unspecified atom stereocenters. The molecule has 3 rings (SSSR count). The molecule has 1 heterocycles. The van der Waals surface area contributed by atoms with Gasteiger partial charge in [0, 0.05) is 16.5 Å². The Bertz CT molecular complexity index is 956. The van der Waals surface area contributed by atoms with Crippen LogP contribution in [0.5, 0.6) is 5.75 Å². The maximum absolute atomic E-state index is 12.9. The average molecular weight is 399 g/mol. The van der Waals surface area contributed by atoms with Crippen molar-refractivity contribution in [1.82, 2.24) is 15.8 Å². The molecule has 2 aromatic carbocycles. The molecule has 2 amide bonds. The summed E-state index contributed by atoms with van der Waals surface area (Å²) in [5, 5.41) is 2.59. The van der Waals surface area contributed by atoms with Crippen LogP contribution in [0, 0.1) is 5.82 Å². The number of aromatic nitrogens is 1. The van der Waals surface area contributed by atoms with E-state index in [-0.39, 0.29) is 12.0 Å². The topological polar surface area (TPSA) is 80.3 Å². The first kappa shape index (κ1) is 19.5. The number of nitrogens with zero attached hydrogens (tertiary/aromatic N) is 1. The Hall–Kier alpha value is -3.26. The fraction of sp³-hybridized carbons (Fsp3) is 0.150. The van der Waals surface area contributed by atoms with Gasteiger partial charge >= 0.3 is 0 Å². The van der Waals surface area contributed by atoms with E-state index in [0.717, 1.165) is 16.3 Å². The van der Waals surface area contributed by atoms with E-state index < -0.39 is 17.6 Å². The molecule has 8 heteroatoms. The van der Waals surface area contributed by atoms with Gasteiger partial charge in [-0.3, -0.25) is 20.4 Å². The van der Waals surface area contributed by atoms with E-state index in [0.29, 0.717) is 12.3 Å². The zero-order valence-electron chi connectivity index (χ0n) is 15.1. The lowest BCUT2D eigenvalue weighted by Crippen LogP contribution is -2.42. The second-order valence-electron chi connectivity index (χ2n) is 5.79. The predicted octanol–water partition coefficient (Wildman–Crippen LogP) is 3.35. The van der Waals surface area contributed by atoms with E-state index in [1.165, 1.54) is 35.6 Å². The Labute approximate surface area is 165 Å². The van der Waals surface area contributed by atoms with E-state index >= 15 is 0 Å². The second-order valence-corrected chi connectivity index (χ2v) is 6.65. The maximum Gasteiger partial charge on any atom is 0.269 e. The third-order valence-corrected chi connectivity index (χ3v) is 4.67. The Balaban J connectivity index is 1.53. The van der Waals surface area contributed by atoms with Crippen LogP contribution in [0.1, 0.15) is 23.0 Å². The van der Waals surface area contributed by atoms with Gasteiger partial charge in [0.05, 0.1) is 18.7 Å². The average Bonchev–Trinajstić information content (AvgIpc) is 3.16. The highest BCUT2D eigenvalue weighted by Crippen LogP contribution is 2.25. The summed E-state index contributed by atoms with van der Waals surface area (Å²) in [6, 6.07) is 12.6. The lowest BCUT2D eigenvalue weighted by Gasteiger charge is -2.06. The SMILES string of the molecule is CCOc1ccc(-c2nc(CC(=O)NNC(=O)c3ccc(F)cc3)cs2)cc1. The lowest BCUT2D eigenvalue weighted by molar-refractivity contribution is -0.121. The number of hydrogen-bond acceptors (Lipinski definition) is 5. The van der Waals surface area contributed by atoms with Gasteiger partial charge in [-0.05, 0) is 55.5 Å². The van der Waals surface area contributed by atoms with Crippen LogP contribution in [0.15, 0.2) is 53.9 Å². The summed E-state index contributed by atoms with van der Waals surface area (Å²) >= 11 is 1.43. The van der Waals surface area contributed by atoms with Crippen molar-refractivity contribution in [3.63, 3.8) is 0 Å². The number of carbonyl (C=O) groups is 2. The Morgan fingerprint density at radius 2 is 1.79 bits per heavy atom. The van der Waals surface area contributed by atoms with E-state index in [1.807, 2.05) is 31.2 Å². The molecule has 0 saturated heterocycles. The van der Waals surface area contributed by atoms with Gasteiger partial charge in [0.15, 0.2) is 0 Å². The number of hydrazine groups is 1. The molecule has 0 atom stereocenters. The van der Waals surface area contributed by atoms with Crippen molar-refractivity contribution < 1.29 is 18.7 Å². The highest BCUT2D eigenvalue weighted by molar-refractivity contribution is 7.13. The summed E-state index contributed by atoms with van der Waals surface area (Å²) < 4.78 is 18.3. The summed E-state index contributed by atoms with van der Waals surface area (Å²) in [6.45, 7) is 2.53. The van der Waals surface area contributed by atoms with Gasteiger partial charge in [-0.15, -0.1) is 11.3 Å². The predicted molar refractivity (Wildman–Crippen MR) is 104 cm³/mol. The van der Waals surface area contributed by atoms with Crippen molar-refractivity contribution in [2.24, 2.45) is 0 Å². The molecular weight excluding hydrogens is 381 g/mol. The molecule has 0 saturated carbocycles. The monoisotopic (exact) mass is 399 g/mol. The van der Waals surface area contributed by atoms with Crippen LogP contribution in [-0.4, -0.2) is 23.4 Å². The quantitative estimate of drug-likeness (QED) is 0.623. The minimum absolute atomic E-state index is 0.0250. The number of rotatable bonds is 6. The van der Waals surface area contributed by atoms with Crippen molar-refractivity contribution in [2.75, 3.05) is 6.61 Å². The van der Waals surface area contributed by atoms with Crippen LogP contribution < -0.4 is 15.6 Å². The first-order valence-electron chi connectivity index (χ1n) is 8.57. The van der Waals surface area contributed by atoms with Crippen LogP contribution in [0.4, 0.5) is 4.39 Å². The molecule has 0 bridgehead atoms. The number of nitrogens with one attached hydrogen (secondary N) is 2. The van der Waals surface area contributed by atoms with E-state index in [2.05, 4.69) is 15.8 Å². The molecule has 0 spiro atoms. The second kappa shape index (κ2) is 9.09. The smallest absolute Gasteiger partial charge is 0.269 e. The third kappa shape index (κ3) is 5.14. The molecule has 0 aliphatic heterocycles. The Kier molecular flexibility index (Phi) is 6.33. The van der Waals surface area contributed by atoms with Gasteiger partial charge in [-0.1, -0.05) is 0 Å². The summed E-state index contributed by atoms with van der Waals surface area (Å²) in [4.78, 5) is 28.4. The number of carbonyl (C=O) groups excluding carboxylic acids is 2. The van der Waals surface area contributed by atoms with Gasteiger partial charge in [0.25, 0.3) is 5.91 Å². The molecule has 144 valence electrons. The van der Waals surface area contributed by atoms with Crippen molar-refractivity contribution in [3.8, 4) is 16.3 Å². The van der Waals surface area contributed by atoms with Crippen LogP contribution in [0.3, 0.4) is 0 Å². The fourth-order valence-corrected chi connectivity index (χ4v) is 3.22. The van der Waals surface area contributed by atoms with E-state index in [1.54, 1.807) is 5.38 Å². The molecule has 3 aromatic rings. The number of thiazole rings is 1. The highest BCUT2D eigenvalue weighted by atomic mass is 32.1. The molecule has 6 nitrogen and oxygen atoms in total. The zero-order valence-corrected chi connectivity index (χ0v) is 15.9. The molecular formula is C20H18FN3O3S. The third-order valence-electron chi connectivity index (χ3n) is 3.73. The summed E-state index contributed by atoms with van der Waals surface area (Å²) in [6.07, 6.45) is 0.0250. The maximum atomic E-state index is 12.9. The number of hydrogen-bond donors (Lipinski definition) is 2. The molecule has 0 aliphatic rings. The summed E-state index contributed by atoms with van der Waals surface area (Å²) in [7, 11) is 0. The number of ether oxygens (including phenoxy) is 1. The summed E-state index contributed by atoms with van der Waals surface area (Å²) in [5.41, 5.74) is 6.40. The van der Waals surface area contributed by atoms with E-state index in [9.17, 15) is 14.0 Å². The van der Waals surface area contributed by atoms with Crippen LogP contribution in [0.25, 0.3) is 10.6 Å². The van der Waals surface area contributed by atoms with Gasteiger partial charge < -0.3 is 4.74 Å². The lowest BCUT2D eigenvalue weighted by atomic mass is 10.2. The fourth-order valence-electron chi connectivity index (χ4n) is 2.39. The number of benzene rings is 2. The largest absolute Gasteiger partial charge is 0.494 e. The van der Waals surface area contributed by atoms with Gasteiger partial charge in [-0.25, -0.2) is 9.37 Å². The number of halogens is 1. The normalized spacial score (nSPS) is 10.4. The molecule has 0 radical (unpaired) electrons. The zero-order chi connectivity index (χ0) is 19.9. The van der Waals surface area contributed by atoms with Crippen molar-refractivity contribution in [2.45, 2.75) is 13.3 Å². The Morgan fingerprint density at radius 3 is 2.46 bits per heavy atom. The minimum atomic E-state index is -0.526. The first-order chi connectivity index (χ1) is 13.5. The van der Waals surface area contributed by atoms with Crippen molar-refractivity contribution in [1.29, 1.82) is 0 Å². The van der Waals surface area contributed by atoms with Crippen molar-refractivity contribution in [3.05, 3.63) is 71.0 Å². The van der Waals surface area contributed by atoms with Crippen LogP contribution >= 0.6 is 11.3 Å². The molecule has 0 fully saturated rings. The molecule has 0 aliphatic carbocycles. The first-order valence-corrected chi connectivity index (χ1v) is 9.45. The summed E-state index contributed by atoms with van der Waals surface area (Å²) in [5.74, 6) is -0.576. The molecule has 28 heavy (non-hydrogen) atoms.